The third kappa shape index (κ3) is 2.22. The van der Waals surface area contributed by atoms with Gasteiger partial charge in [-0.25, -0.2) is 4.79 Å². The highest BCUT2D eigenvalue weighted by molar-refractivity contribution is 6.02. The molecule has 1 unspecified atom stereocenters. The Morgan fingerprint density at radius 1 is 1.44 bits per heavy atom. The molecule has 18 heavy (non-hydrogen) atoms. The van der Waals surface area contributed by atoms with E-state index in [2.05, 4.69) is 0 Å². The number of carboxylic acid groups (broad SMARTS) is 1. The summed E-state index contributed by atoms with van der Waals surface area (Å²) >= 11 is 0. The number of para-hydroxylation sites is 1. The summed E-state index contributed by atoms with van der Waals surface area (Å²) in [5.41, 5.74) is 1.56. The third-order valence-electron chi connectivity index (χ3n) is 2.96. The number of carbonyl (C=O) groups is 2. The van der Waals surface area contributed by atoms with E-state index in [0.29, 0.717) is 18.7 Å². The maximum absolute atomic E-state index is 12.0. The number of anilines is 1. The summed E-state index contributed by atoms with van der Waals surface area (Å²) in [7, 11) is 0. The van der Waals surface area contributed by atoms with E-state index in [1.54, 1.807) is 19.1 Å². The lowest BCUT2D eigenvalue weighted by Gasteiger charge is -2.22. The zero-order valence-electron chi connectivity index (χ0n) is 10.1. The Labute approximate surface area is 105 Å². The highest BCUT2D eigenvalue weighted by Crippen LogP contribution is 2.32. The zero-order valence-corrected chi connectivity index (χ0v) is 10.1. The van der Waals surface area contributed by atoms with Crippen LogP contribution in [-0.4, -0.2) is 36.2 Å². The summed E-state index contributed by atoms with van der Waals surface area (Å²) in [6, 6.07) is 6.43. The van der Waals surface area contributed by atoms with Gasteiger partial charge in [-0.2, -0.15) is 0 Å². The quantitative estimate of drug-likeness (QED) is 0.866. The molecule has 0 bridgehead atoms. The van der Waals surface area contributed by atoms with Gasteiger partial charge in [-0.3, -0.25) is 9.69 Å². The van der Waals surface area contributed by atoms with Crippen molar-refractivity contribution in [3.05, 3.63) is 29.8 Å². The molecule has 5 heteroatoms. The Hall–Kier alpha value is -1.88. The van der Waals surface area contributed by atoms with Crippen LogP contribution in [0.2, 0.25) is 0 Å². The van der Waals surface area contributed by atoms with Crippen LogP contribution in [0, 0.1) is 0 Å². The minimum atomic E-state index is -0.990. The minimum Gasteiger partial charge on any atom is -0.480 e. The second kappa shape index (κ2) is 5.18. The van der Waals surface area contributed by atoms with Crippen molar-refractivity contribution >= 4 is 17.6 Å². The molecule has 96 valence electrons. The van der Waals surface area contributed by atoms with Gasteiger partial charge in [0.05, 0.1) is 0 Å². The summed E-state index contributed by atoms with van der Waals surface area (Å²) < 4.78 is 5.07. The second-order valence-electron chi connectivity index (χ2n) is 4.09. The van der Waals surface area contributed by atoms with Crippen molar-refractivity contribution < 1.29 is 19.4 Å². The number of rotatable bonds is 4. The van der Waals surface area contributed by atoms with Gasteiger partial charge in [-0.05, 0) is 18.6 Å². The lowest BCUT2D eigenvalue weighted by molar-refractivity contribution is -0.140. The number of hydrogen-bond donors (Lipinski definition) is 1. The fourth-order valence-electron chi connectivity index (χ4n) is 2.15. The van der Waals surface area contributed by atoms with E-state index in [4.69, 9.17) is 4.74 Å². The maximum Gasteiger partial charge on any atom is 0.327 e. The van der Waals surface area contributed by atoms with E-state index in [0.717, 1.165) is 5.56 Å². The van der Waals surface area contributed by atoms with Crippen LogP contribution < -0.4 is 4.90 Å². The Morgan fingerprint density at radius 3 is 2.83 bits per heavy atom. The first kappa shape index (κ1) is 12.6. The summed E-state index contributed by atoms with van der Waals surface area (Å²) in [6.07, 6.45) is 0.351. The molecule has 1 atom stereocenters. The van der Waals surface area contributed by atoms with Gasteiger partial charge in [0.25, 0.3) is 5.91 Å². The molecule has 0 spiro atoms. The molecule has 1 aliphatic rings. The smallest absolute Gasteiger partial charge is 0.327 e. The van der Waals surface area contributed by atoms with E-state index in [9.17, 15) is 14.7 Å². The summed E-state index contributed by atoms with van der Waals surface area (Å²) in [6.45, 7) is 2.13. The van der Waals surface area contributed by atoms with E-state index < -0.39 is 12.0 Å². The van der Waals surface area contributed by atoms with Gasteiger partial charge in [0.15, 0.2) is 0 Å². The fraction of sp³-hybridized carbons (Fsp3) is 0.385. The summed E-state index contributed by atoms with van der Waals surface area (Å²) in [5, 5.41) is 9.20. The molecular weight excluding hydrogens is 234 g/mol. The normalized spacial score (nSPS) is 17.6. The summed E-state index contributed by atoms with van der Waals surface area (Å²) in [5.74, 6) is -1.30. The van der Waals surface area contributed by atoms with Gasteiger partial charge in [0, 0.05) is 18.7 Å². The number of ether oxygens (including phenoxy) is 1. The molecule has 1 aliphatic heterocycles. The second-order valence-corrected chi connectivity index (χ2v) is 4.09. The molecule has 1 N–H and O–H groups in total. The minimum absolute atomic E-state index is 0.0887. The number of fused-ring (bicyclic) bond motifs is 1. The zero-order chi connectivity index (χ0) is 13.1. The van der Waals surface area contributed by atoms with Crippen molar-refractivity contribution in [2.75, 3.05) is 18.1 Å². The first-order valence-electron chi connectivity index (χ1n) is 5.85. The largest absolute Gasteiger partial charge is 0.480 e. The predicted octanol–water partition coefficient (Wildman–Crippen LogP) is 1.07. The monoisotopic (exact) mass is 249 g/mol. The number of aliphatic carboxylic acids is 1. The molecule has 0 aromatic heterocycles. The van der Waals surface area contributed by atoms with Crippen LogP contribution >= 0.6 is 0 Å². The van der Waals surface area contributed by atoms with Crippen LogP contribution in [0.5, 0.6) is 0 Å². The molecule has 0 fully saturated rings. The lowest BCUT2D eigenvalue weighted by Crippen LogP contribution is -2.44. The number of benzene rings is 1. The van der Waals surface area contributed by atoms with E-state index >= 15 is 0 Å². The number of amides is 1. The topological polar surface area (TPSA) is 66.8 Å². The Kier molecular flexibility index (Phi) is 3.62. The fourth-order valence-corrected chi connectivity index (χ4v) is 2.15. The molecule has 0 radical (unpaired) electrons. The van der Waals surface area contributed by atoms with Gasteiger partial charge < -0.3 is 9.84 Å². The Balaban J connectivity index is 2.28. The molecule has 2 rings (SSSR count). The number of carboxylic acids is 1. The van der Waals surface area contributed by atoms with Crippen molar-refractivity contribution in [2.24, 2.45) is 0 Å². The molecule has 0 aliphatic carbocycles. The van der Waals surface area contributed by atoms with Crippen LogP contribution in [0.4, 0.5) is 5.69 Å². The standard InChI is InChI=1S/C13H15NO4/c1-2-18-8-12(15)14-10-6-4-3-5-9(10)7-11(14)13(16)17/h3-6,11H,2,7-8H2,1H3,(H,16,17). The average Bonchev–Trinajstić information content (AvgIpc) is 2.75. The summed E-state index contributed by atoms with van der Waals surface area (Å²) in [4.78, 5) is 24.6. The Bertz CT molecular complexity index is 472. The van der Waals surface area contributed by atoms with Crippen molar-refractivity contribution in [1.29, 1.82) is 0 Å². The van der Waals surface area contributed by atoms with E-state index in [1.165, 1.54) is 4.90 Å². The molecule has 1 heterocycles. The van der Waals surface area contributed by atoms with Gasteiger partial charge in [-0.1, -0.05) is 18.2 Å². The number of nitrogens with zero attached hydrogens (tertiary/aromatic N) is 1. The van der Waals surface area contributed by atoms with Crippen LogP contribution in [0.15, 0.2) is 24.3 Å². The van der Waals surface area contributed by atoms with E-state index in [-0.39, 0.29) is 12.5 Å². The predicted molar refractivity (Wildman–Crippen MR) is 65.5 cm³/mol. The highest BCUT2D eigenvalue weighted by atomic mass is 16.5. The number of hydrogen-bond acceptors (Lipinski definition) is 3. The molecule has 1 amide bonds. The van der Waals surface area contributed by atoms with Crippen LogP contribution in [0.3, 0.4) is 0 Å². The molecular formula is C13H15NO4. The van der Waals surface area contributed by atoms with Gasteiger partial charge >= 0.3 is 5.97 Å². The highest BCUT2D eigenvalue weighted by Gasteiger charge is 2.37. The van der Waals surface area contributed by atoms with Gasteiger partial charge in [0.1, 0.15) is 12.6 Å². The molecule has 5 nitrogen and oxygen atoms in total. The first-order valence-corrected chi connectivity index (χ1v) is 5.85. The SMILES string of the molecule is CCOCC(=O)N1c2ccccc2CC1C(=O)O. The molecule has 1 aromatic carbocycles. The van der Waals surface area contributed by atoms with Crippen molar-refractivity contribution in [2.45, 2.75) is 19.4 Å². The Morgan fingerprint density at radius 2 is 2.17 bits per heavy atom. The van der Waals surface area contributed by atoms with Crippen molar-refractivity contribution in [1.82, 2.24) is 0 Å². The third-order valence-corrected chi connectivity index (χ3v) is 2.96. The molecule has 0 saturated carbocycles. The lowest BCUT2D eigenvalue weighted by atomic mass is 10.1. The first-order chi connectivity index (χ1) is 8.65. The molecule has 1 aromatic rings. The van der Waals surface area contributed by atoms with Crippen molar-refractivity contribution in [3.63, 3.8) is 0 Å². The van der Waals surface area contributed by atoms with Crippen LogP contribution in [-0.2, 0) is 20.7 Å². The van der Waals surface area contributed by atoms with E-state index in [1.807, 2.05) is 12.1 Å². The maximum atomic E-state index is 12.0. The van der Waals surface area contributed by atoms with Crippen LogP contribution in [0.25, 0.3) is 0 Å². The van der Waals surface area contributed by atoms with Gasteiger partial charge in [0.2, 0.25) is 0 Å². The number of carbonyl (C=O) groups excluding carboxylic acids is 1. The molecule has 0 saturated heterocycles. The van der Waals surface area contributed by atoms with Crippen LogP contribution in [0.1, 0.15) is 12.5 Å². The van der Waals surface area contributed by atoms with Gasteiger partial charge in [-0.15, -0.1) is 0 Å². The van der Waals surface area contributed by atoms with Crippen molar-refractivity contribution in [3.8, 4) is 0 Å². The average molecular weight is 249 g/mol.